The topological polar surface area (TPSA) is 74.7 Å². The molecule has 0 saturated carbocycles. The van der Waals surface area contributed by atoms with Gasteiger partial charge in [0.05, 0.1) is 11.8 Å². The highest BCUT2D eigenvalue weighted by Crippen LogP contribution is 2.41. The number of aliphatic carboxylic acids is 1. The molecule has 0 radical (unpaired) electrons. The first-order chi connectivity index (χ1) is 9.76. The van der Waals surface area contributed by atoms with Crippen LogP contribution >= 0.6 is 23.4 Å². The van der Waals surface area contributed by atoms with Crippen molar-refractivity contribution in [3.05, 3.63) is 29.8 Å². The SMILES string of the molecule is CC(=O)C(Cl)(C(=O)O)N1C(=O)CC1Sc1ccc(C)cc1. The van der Waals surface area contributed by atoms with Gasteiger partial charge in [0.15, 0.2) is 5.78 Å². The van der Waals surface area contributed by atoms with Crippen LogP contribution in [-0.2, 0) is 14.4 Å². The predicted octanol–water partition coefficient (Wildman–Crippen LogP) is 2.25. The molecule has 2 unspecified atom stereocenters. The molecule has 1 fully saturated rings. The smallest absolute Gasteiger partial charge is 0.353 e. The third kappa shape index (κ3) is 2.78. The average Bonchev–Trinajstić information content (AvgIpc) is 2.39. The highest BCUT2D eigenvalue weighted by Gasteiger charge is 2.57. The summed E-state index contributed by atoms with van der Waals surface area (Å²) in [6.45, 7) is 3.03. The Hall–Kier alpha value is -1.53. The Kier molecular flexibility index (Phi) is 4.30. The van der Waals surface area contributed by atoms with Gasteiger partial charge in [0.2, 0.25) is 5.91 Å². The second kappa shape index (κ2) is 5.69. The summed E-state index contributed by atoms with van der Waals surface area (Å²) in [6, 6.07) is 7.60. The lowest BCUT2D eigenvalue weighted by atomic mass is 10.1. The van der Waals surface area contributed by atoms with E-state index >= 15 is 0 Å². The molecule has 0 aliphatic carbocycles. The van der Waals surface area contributed by atoms with Gasteiger partial charge >= 0.3 is 5.97 Å². The molecule has 21 heavy (non-hydrogen) atoms. The first kappa shape index (κ1) is 15.9. The largest absolute Gasteiger partial charge is 0.478 e. The first-order valence-electron chi connectivity index (χ1n) is 6.25. The number of aryl methyl sites for hydroxylation is 1. The number of carboxylic acids is 1. The van der Waals surface area contributed by atoms with E-state index in [1.807, 2.05) is 31.2 Å². The van der Waals surface area contributed by atoms with Gasteiger partial charge in [0.25, 0.3) is 5.00 Å². The summed E-state index contributed by atoms with van der Waals surface area (Å²) >= 11 is 7.25. The third-order valence-electron chi connectivity index (χ3n) is 3.28. The van der Waals surface area contributed by atoms with Crippen molar-refractivity contribution in [3.63, 3.8) is 0 Å². The molecule has 1 aromatic rings. The van der Waals surface area contributed by atoms with E-state index in [1.165, 1.54) is 11.8 Å². The molecule has 0 bridgehead atoms. The van der Waals surface area contributed by atoms with Gasteiger partial charge in [-0.1, -0.05) is 29.3 Å². The first-order valence-corrected chi connectivity index (χ1v) is 7.51. The van der Waals surface area contributed by atoms with E-state index in [-0.39, 0.29) is 6.42 Å². The number of carbonyl (C=O) groups is 3. The van der Waals surface area contributed by atoms with Crippen molar-refractivity contribution in [2.75, 3.05) is 0 Å². The van der Waals surface area contributed by atoms with Gasteiger partial charge in [-0.25, -0.2) is 4.79 Å². The number of β-lactam (4-membered cyclic amide) rings is 1. The van der Waals surface area contributed by atoms with E-state index in [2.05, 4.69) is 0 Å². The lowest BCUT2D eigenvalue weighted by Gasteiger charge is -2.46. The van der Waals surface area contributed by atoms with Gasteiger partial charge in [-0.15, -0.1) is 11.8 Å². The van der Waals surface area contributed by atoms with Gasteiger partial charge in [-0.05, 0) is 26.0 Å². The van der Waals surface area contributed by atoms with Crippen molar-refractivity contribution in [3.8, 4) is 0 Å². The average molecular weight is 328 g/mol. The van der Waals surface area contributed by atoms with Gasteiger partial charge in [-0.2, -0.15) is 0 Å². The standard InChI is InChI=1S/C14H14ClNO4S/c1-8-3-5-10(6-4-8)21-12-7-11(18)16(12)14(15,9(2)17)13(19)20/h3-6,12H,7H2,1-2H3,(H,19,20). The number of hydrogen-bond acceptors (Lipinski definition) is 4. The molecule has 1 N–H and O–H groups in total. The second-order valence-corrected chi connectivity index (χ2v) is 6.64. The Morgan fingerprint density at radius 2 is 1.95 bits per heavy atom. The number of alkyl halides is 1. The van der Waals surface area contributed by atoms with Gasteiger partial charge < -0.3 is 5.11 Å². The van der Waals surface area contributed by atoms with Crippen molar-refractivity contribution in [2.45, 2.75) is 35.5 Å². The Labute approximate surface area is 131 Å². The molecule has 1 aliphatic heterocycles. The molecule has 1 heterocycles. The Morgan fingerprint density at radius 3 is 2.38 bits per heavy atom. The zero-order valence-electron chi connectivity index (χ0n) is 11.5. The van der Waals surface area contributed by atoms with Crippen LogP contribution in [0, 0.1) is 6.92 Å². The fourth-order valence-electron chi connectivity index (χ4n) is 2.05. The maximum absolute atomic E-state index is 11.8. The molecule has 0 aromatic heterocycles. The van der Waals surface area contributed by atoms with E-state index in [0.29, 0.717) is 0 Å². The number of ketones is 1. The lowest BCUT2D eigenvalue weighted by Crippen LogP contribution is -2.66. The Bertz CT molecular complexity index is 587. The number of carbonyl (C=O) groups excluding carboxylic acids is 2. The van der Waals surface area contributed by atoms with Crippen LogP contribution in [0.4, 0.5) is 0 Å². The van der Waals surface area contributed by atoms with Crippen LogP contribution < -0.4 is 0 Å². The summed E-state index contributed by atoms with van der Waals surface area (Å²) < 4.78 is 0. The quantitative estimate of drug-likeness (QED) is 0.388. The number of carboxylic acid groups (broad SMARTS) is 1. The number of benzene rings is 1. The predicted molar refractivity (Wildman–Crippen MR) is 79.2 cm³/mol. The van der Waals surface area contributed by atoms with Crippen LogP contribution in [0.15, 0.2) is 29.2 Å². The molecule has 7 heteroatoms. The van der Waals surface area contributed by atoms with E-state index in [1.54, 1.807) is 0 Å². The number of amides is 1. The summed E-state index contributed by atoms with van der Waals surface area (Å²) in [5.74, 6) is -2.74. The van der Waals surface area contributed by atoms with E-state index in [0.717, 1.165) is 22.3 Å². The Morgan fingerprint density at radius 1 is 1.38 bits per heavy atom. The minimum absolute atomic E-state index is 0.160. The fourth-order valence-corrected chi connectivity index (χ4v) is 3.53. The summed E-state index contributed by atoms with van der Waals surface area (Å²) in [5.41, 5.74) is 1.10. The highest BCUT2D eigenvalue weighted by atomic mass is 35.5. The highest BCUT2D eigenvalue weighted by molar-refractivity contribution is 8.00. The summed E-state index contributed by atoms with van der Waals surface area (Å²) in [5, 5.41) is 8.76. The number of rotatable bonds is 5. The molecule has 1 aromatic carbocycles. The van der Waals surface area contributed by atoms with Crippen LogP contribution in [0.5, 0.6) is 0 Å². The molecule has 112 valence electrons. The maximum atomic E-state index is 11.8. The molecular formula is C14H14ClNO4S. The summed E-state index contributed by atoms with van der Waals surface area (Å²) in [7, 11) is 0. The molecule has 1 aliphatic rings. The number of Topliss-reactive ketones (excluding diaryl/α,β-unsaturated/α-hetero) is 1. The molecular weight excluding hydrogens is 314 g/mol. The third-order valence-corrected chi connectivity index (χ3v) is 5.08. The van der Waals surface area contributed by atoms with E-state index in [9.17, 15) is 19.5 Å². The number of hydrogen-bond donors (Lipinski definition) is 1. The molecule has 5 nitrogen and oxygen atoms in total. The number of halogens is 1. The number of thioether (sulfide) groups is 1. The molecule has 0 spiro atoms. The molecule has 2 rings (SSSR count). The second-order valence-electron chi connectivity index (χ2n) is 4.84. The van der Waals surface area contributed by atoms with Crippen LogP contribution in [-0.4, -0.2) is 38.0 Å². The van der Waals surface area contributed by atoms with E-state index < -0.39 is 28.0 Å². The fraction of sp³-hybridized carbons (Fsp3) is 0.357. The normalized spacial score (nSPS) is 20.6. The van der Waals surface area contributed by atoms with Crippen LogP contribution in [0.25, 0.3) is 0 Å². The summed E-state index contributed by atoms with van der Waals surface area (Å²) in [4.78, 5) is 34.2. The van der Waals surface area contributed by atoms with Gasteiger partial charge in [-0.3, -0.25) is 14.5 Å². The lowest BCUT2D eigenvalue weighted by molar-refractivity contribution is -0.164. The molecule has 2 atom stereocenters. The molecule has 1 saturated heterocycles. The van der Waals surface area contributed by atoms with Gasteiger partial charge in [0, 0.05) is 4.90 Å². The number of nitrogens with zero attached hydrogens (tertiary/aromatic N) is 1. The van der Waals surface area contributed by atoms with Crippen molar-refractivity contribution in [1.82, 2.24) is 4.90 Å². The maximum Gasteiger partial charge on any atom is 0.353 e. The zero-order valence-corrected chi connectivity index (χ0v) is 13.1. The van der Waals surface area contributed by atoms with E-state index in [4.69, 9.17) is 11.6 Å². The minimum atomic E-state index is -2.32. The molecule has 1 amide bonds. The van der Waals surface area contributed by atoms with Crippen molar-refractivity contribution in [1.29, 1.82) is 0 Å². The Balaban J connectivity index is 2.22. The summed E-state index contributed by atoms with van der Waals surface area (Å²) in [6.07, 6.45) is 0.160. The van der Waals surface area contributed by atoms with Crippen molar-refractivity contribution < 1.29 is 19.5 Å². The van der Waals surface area contributed by atoms with Crippen molar-refractivity contribution >= 4 is 41.0 Å². The minimum Gasteiger partial charge on any atom is -0.478 e. The zero-order chi connectivity index (χ0) is 15.8. The van der Waals surface area contributed by atoms with Crippen LogP contribution in [0.2, 0.25) is 0 Å². The monoisotopic (exact) mass is 327 g/mol. The van der Waals surface area contributed by atoms with Crippen molar-refractivity contribution in [2.24, 2.45) is 0 Å². The van der Waals surface area contributed by atoms with Crippen LogP contribution in [0.3, 0.4) is 0 Å². The van der Waals surface area contributed by atoms with Crippen LogP contribution in [0.1, 0.15) is 18.9 Å². The van der Waals surface area contributed by atoms with Gasteiger partial charge in [0.1, 0.15) is 0 Å². The number of likely N-dealkylation sites (tertiary alicyclic amines) is 1.